The van der Waals surface area contributed by atoms with Crippen LogP contribution in [0.5, 0.6) is 5.75 Å². The Kier molecular flexibility index (Phi) is 6.88. The summed E-state index contributed by atoms with van der Waals surface area (Å²) in [6.45, 7) is 10.9. The molecule has 4 heteroatoms. The van der Waals surface area contributed by atoms with E-state index in [4.69, 9.17) is 4.74 Å². The molecule has 4 nitrogen and oxygen atoms in total. The lowest BCUT2D eigenvalue weighted by molar-refractivity contribution is -0.121. The molecule has 1 amide bonds. The van der Waals surface area contributed by atoms with Gasteiger partial charge >= 0.3 is 0 Å². The van der Waals surface area contributed by atoms with Gasteiger partial charge in [-0.1, -0.05) is 39.8 Å². The number of rotatable bonds is 8. The maximum absolute atomic E-state index is 12.1. The molecule has 0 fully saturated rings. The Morgan fingerprint density at radius 1 is 1.36 bits per heavy atom. The van der Waals surface area contributed by atoms with Crippen molar-refractivity contribution in [3.63, 3.8) is 0 Å². The molecule has 22 heavy (non-hydrogen) atoms. The van der Waals surface area contributed by atoms with Gasteiger partial charge in [0.15, 0.2) is 0 Å². The van der Waals surface area contributed by atoms with Crippen LogP contribution in [0.4, 0.5) is 0 Å². The summed E-state index contributed by atoms with van der Waals surface area (Å²) in [4.78, 5) is 12.1. The van der Waals surface area contributed by atoms with E-state index in [1.165, 1.54) is 0 Å². The molecule has 1 rings (SSSR count). The first-order valence-electron chi connectivity index (χ1n) is 7.92. The summed E-state index contributed by atoms with van der Waals surface area (Å²) >= 11 is 0. The number of carbonyl (C=O) groups excluding carboxylic acids is 1. The van der Waals surface area contributed by atoms with Crippen molar-refractivity contribution in [2.24, 2.45) is 11.3 Å². The van der Waals surface area contributed by atoms with Crippen molar-refractivity contribution in [3.05, 3.63) is 29.8 Å². The second-order valence-electron chi connectivity index (χ2n) is 6.71. The maximum Gasteiger partial charge on any atom is 0.224 e. The minimum atomic E-state index is -0.450. The Morgan fingerprint density at radius 3 is 2.64 bits per heavy atom. The molecule has 1 unspecified atom stereocenters. The third kappa shape index (κ3) is 5.68. The molecule has 0 bridgehead atoms. The molecule has 0 heterocycles. The van der Waals surface area contributed by atoms with Gasteiger partial charge in [0.2, 0.25) is 5.91 Å². The van der Waals surface area contributed by atoms with Gasteiger partial charge in [-0.15, -0.1) is 0 Å². The Labute approximate surface area is 133 Å². The van der Waals surface area contributed by atoms with Crippen molar-refractivity contribution < 1.29 is 14.6 Å². The Morgan fingerprint density at radius 2 is 2.05 bits per heavy atom. The molecule has 0 radical (unpaired) electrons. The summed E-state index contributed by atoms with van der Waals surface area (Å²) in [6.07, 6.45) is -0.136. The highest BCUT2D eigenvalue weighted by molar-refractivity contribution is 5.78. The van der Waals surface area contributed by atoms with Gasteiger partial charge in [0.25, 0.3) is 0 Å². The van der Waals surface area contributed by atoms with Crippen molar-refractivity contribution >= 4 is 5.91 Å². The van der Waals surface area contributed by atoms with Gasteiger partial charge in [0.1, 0.15) is 5.75 Å². The molecule has 0 aromatic heterocycles. The number of benzene rings is 1. The zero-order chi connectivity index (χ0) is 16.8. The standard InChI is InChI=1S/C18H29NO3/c1-6-22-15-9-7-8-14(10-15)11-16(20)19-12-18(4,5)17(21)13(2)3/h7-10,13,17,21H,6,11-12H2,1-5H3,(H,19,20). The summed E-state index contributed by atoms with van der Waals surface area (Å²) in [6, 6.07) is 7.57. The lowest BCUT2D eigenvalue weighted by Gasteiger charge is -2.33. The van der Waals surface area contributed by atoms with Crippen molar-refractivity contribution in [3.8, 4) is 5.75 Å². The van der Waals surface area contributed by atoms with Crippen LogP contribution >= 0.6 is 0 Å². The number of carbonyl (C=O) groups is 1. The summed E-state index contributed by atoms with van der Waals surface area (Å²) in [5.41, 5.74) is 0.572. The SMILES string of the molecule is CCOc1cccc(CC(=O)NCC(C)(C)C(O)C(C)C)c1. The first-order valence-corrected chi connectivity index (χ1v) is 7.92. The van der Waals surface area contributed by atoms with Crippen LogP contribution in [-0.2, 0) is 11.2 Å². The average molecular weight is 307 g/mol. The molecule has 0 spiro atoms. The van der Waals surface area contributed by atoms with Crippen LogP contribution in [0.2, 0.25) is 0 Å². The Bertz CT molecular complexity index is 483. The van der Waals surface area contributed by atoms with Crippen LogP contribution in [0.3, 0.4) is 0 Å². The second kappa shape index (κ2) is 8.18. The molecule has 0 aliphatic heterocycles. The van der Waals surface area contributed by atoms with E-state index in [0.717, 1.165) is 11.3 Å². The number of nitrogens with one attached hydrogen (secondary N) is 1. The molecule has 0 saturated carbocycles. The Hall–Kier alpha value is -1.55. The summed E-state index contributed by atoms with van der Waals surface area (Å²) < 4.78 is 5.44. The zero-order valence-electron chi connectivity index (χ0n) is 14.3. The predicted molar refractivity (Wildman–Crippen MR) is 89.0 cm³/mol. The van der Waals surface area contributed by atoms with Gasteiger partial charge in [0, 0.05) is 12.0 Å². The van der Waals surface area contributed by atoms with Gasteiger partial charge in [-0.05, 0) is 30.5 Å². The summed E-state index contributed by atoms with van der Waals surface area (Å²) in [7, 11) is 0. The van der Waals surface area contributed by atoms with Crippen molar-refractivity contribution in [2.75, 3.05) is 13.2 Å². The third-order valence-electron chi connectivity index (χ3n) is 3.75. The fourth-order valence-corrected chi connectivity index (χ4v) is 2.49. The van der Waals surface area contributed by atoms with Crippen LogP contribution in [0.1, 0.15) is 40.2 Å². The molecular formula is C18H29NO3. The normalized spacial score (nSPS) is 13.0. The van der Waals surface area contributed by atoms with Gasteiger partial charge in [0.05, 0.1) is 19.1 Å². The van der Waals surface area contributed by atoms with Crippen molar-refractivity contribution in [1.29, 1.82) is 0 Å². The second-order valence-corrected chi connectivity index (χ2v) is 6.71. The fourth-order valence-electron chi connectivity index (χ4n) is 2.49. The quantitative estimate of drug-likeness (QED) is 0.776. The van der Waals surface area contributed by atoms with Crippen LogP contribution in [0.25, 0.3) is 0 Å². The van der Waals surface area contributed by atoms with Crippen LogP contribution in [0.15, 0.2) is 24.3 Å². The maximum atomic E-state index is 12.1. The van der Waals surface area contributed by atoms with Gasteiger partial charge in [-0.2, -0.15) is 0 Å². The van der Waals surface area contributed by atoms with Gasteiger partial charge in [-0.25, -0.2) is 0 Å². The first kappa shape index (κ1) is 18.5. The lowest BCUT2D eigenvalue weighted by Crippen LogP contribution is -2.43. The fraction of sp³-hybridized carbons (Fsp3) is 0.611. The topological polar surface area (TPSA) is 58.6 Å². The third-order valence-corrected chi connectivity index (χ3v) is 3.75. The predicted octanol–water partition coefficient (Wildman–Crippen LogP) is 2.79. The number of amides is 1. The lowest BCUT2D eigenvalue weighted by atomic mass is 9.80. The zero-order valence-corrected chi connectivity index (χ0v) is 14.3. The molecule has 1 aromatic rings. The van der Waals surface area contributed by atoms with Crippen molar-refractivity contribution in [1.82, 2.24) is 5.32 Å². The monoisotopic (exact) mass is 307 g/mol. The molecule has 2 N–H and O–H groups in total. The molecule has 0 saturated heterocycles. The van der Waals surface area contributed by atoms with E-state index in [-0.39, 0.29) is 17.2 Å². The van der Waals surface area contributed by atoms with Gasteiger partial charge < -0.3 is 15.2 Å². The molecule has 1 aromatic carbocycles. The first-order chi connectivity index (χ1) is 10.3. The van der Waals surface area contributed by atoms with E-state index in [1.54, 1.807) is 0 Å². The van der Waals surface area contributed by atoms with E-state index in [0.29, 0.717) is 19.6 Å². The molecule has 0 aliphatic carbocycles. The highest BCUT2D eigenvalue weighted by Gasteiger charge is 2.30. The van der Waals surface area contributed by atoms with E-state index < -0.39 is 6.10 Å². The van der Waals surface area contributed by atoms with E-state index in [9.17, 15) is 9.90 Å². The summed E-state index contributed by atoms with van der Waals surface area (Å²) in [5, 5.41) is 13.1. The molecule has 1 atom stereocenters. The largest absolute Gasteiger partial charge is 0.494 e. The molecule has 0 aliphatic rings. The minimum Gasteiger partial charge on any atom is -0.494 e. The van der Waals surface area contributed by atoms with Crippen LogP contribution in [0, 0.1) is 11.3 Å². The van der Waals surface area contributed by atoms with E-state index >= 15 is 0 Å². The van der Waals surface area contributed by atoms with Crippen LogP contribution in [-0.4, -0.2) is 30.3 Å². The highest BCUT2D eigenvalue weighted by atomic mass is 16.5. The average Bonchev–Trinajstić information content (AvgIpc) is 2.45. The number of aliphatic hydroxyl groups is 1. The smallest absolute Gasteiger partial charge is 0.224 e. The van der Waals surface area contributed by atoms with Gasteiger partial charge in [-0.3, -0.25) is 4.79 Å². The number of aliphatic hydroxyl groups excluding tert-OH is 1. The number of ether oxygens (including phenoxy) is 1. The van der Waals surface area contributed by atoms with E-state index in [2.05, 4.69) is 5.32 Å². The molecule has 124 valence electrons. The number of hydrogen-bond acceptors (Lipinski definition) is 3. The highest BCUT2D eigenvalue weighted by Crippen LogP contribution is 2.25. The van der Waals surface area contributed by atoms with Crippen molar-refractivity contribution in [2.45, 2.75) is 47.1 Å². The Balaban J connectivity index is 2.54. The van der Waals surface area contributed by atoms with Crippen LogP contribution < -0.4 is 10.1 Å². The minimum absolute atomic E-state index is 0.0438. The van der Waals surface area contributed by atoms with E-state index in [1.807, 2.05) is 58.9 Å². The summed E-state index contributed by atoms with van der Waals surface area (Å²) in [5.74, 6) is 0.899. The number of hydrogen-bond donors (Lipinski definition) is 2. The molecular weight excluding hydrogens is 278 g/mol.